The number of ether oxygens (including phenoxy) is 1. The minimum Gasteiger partial charge on any atom is -0.480 e. The molecule has 2 rings (SSSR count). The number of methoxy groups -OCH3 is 1. The van der Waals surface area contributed by atoms with Crippen molar-refractivity contribution in [2.75, 3.05) is 12.4 Å². The lowest BCUT2D eigenvalue weighted by atomic mass is 9.98. The van der Waals surface area contributed by atoms with E-state index in [-0.39, 0.29) is 0 Å². The van der Waals surface area contributed by atoms with Gasteiger partial charge in [-0.05, 0) is 25.1 Å². The van der Waals surface area contributed by atoms with Crippen LogP contribution >= 0.6 is 11.8 Å². The van der Waals surface area contributed by atoms with Crippen molar-refractivity contribution in [3.63, 3.8) is 0 Å². The van der Waals surface area contributed by atoms with Crippen LogP contribution in [0.2, 0.25) is 0 Å². The summed E-state index contributed by atoms with van der Waals surface area (Å²) in [5.74, 6) is -0.995. The number of hydrogen-bond acceptors (Lipinski definition) is 4. The molecule has 0 aromatic heterocycles. The number of carbonyl (C=O) groups excluding carboxylic acids is 1. The van der Waals surface area contributed by atoms with Crippen LogP contribution in [0.4, 0.5) is 10.5 Å². The molecule has 0 fully saturated rings. The van der Waals surface area contributed by atoms with Crippen LogP contribution in [0.25, 0.3) is 0 Å². The van der Waals surface area contributed by atoms with Gasteiger partial charge in [-0.25, -0.2) is 4.79 Å². The van der Waals surface area contributed by atoms with E-state index in [2.05, 4.69) is 10.1 Å². The van der Waals surface area contributed by atoms with Crippen molar-refractivity contribution in [3.8, 4) is 0 Å². The Bertz CT molecular complexity index is 705. The number of carbonyl (C=O) groups is 2. The summed E-state index contributed by atoms with van der Waals surface area (Å²) in [7, 11) is 1.26. The van der Waals surface area contributed by atoms with Crippen molar-refractivity contribution in [1.82, 2.24) is 0 Å². The summed E-state index contributed by atoms with van der Waals surface area (Å²) in [5.41, 5.74) is 0.902. The molecule has 1 unspecified atom stereocenters. The lowest BCUT2D eigenvalue weighted by Gasteiger charge is -2.27. The Labute approximate surface area is 138 Å². The number of benzene rings is 2. The van der Waals surface area contributed by atoms with E-state index >= 15 is 0 Å². The summed E-state index contributed by atoms with van der Waals surface area (Å²) in [6.45, 7) is 1.62. The van der Waals surface area contributed by atoms with Crippen LogP contribution in [0.5, 0.6) is 0 Å². The van der Waals surface area contributed by atoms with Crippen LogP contribution in [0.15, 0.2) is 59.5 Å². The first-order valence-corrected chi connectivity index (χ1v) is 7.71. The van der Waals surface area contributed by atoms with Gasteiger partial charge in [0.15, 0.2) is 0 Å². The number of nitrogens with one attached hydrogen (secondary N) is 1. The molecule has 23 heavy (non-hydrogen) atoms. The lowest BCUT2D eigenvalue weighted by molar-refractivity contribution is -0.139. The predicted molar refractivity (Wildman–Crippen MR) is 89.8 cm³/mol. The monoisotopic (exact) mass is 331 g/mol. The van der Waals surface area contributed by atoms with Crippen LogP contribution in [0, 0.1) is 0 Å². The van der Waals surface area contributed by atoms with Crippen molar-refractivity contribution >= 4 is 29.5 Å². The van der Waals surface area contributed by atoms with Crippen LogP contribution in [-0.2, 0) is 14.3 Å². The Balaban J connectivity index is 2.45. The highest BCUT2D eigenvalue weighted by Crippen LogP contribution is 2.44. The second kappa shape index (κ2) is 7.19. The third-order valence-electron chi connectivity index (χ3n) is 3.34. The van der Waals surface area contributed by atoms with Crippen molar-refractivity contribution in [2.24, 2.45) is 0 Å². The molecule has 0 aliphatic carbocycles. The third kappa shape index (κ3) is 3.84. The standard InChI is InChI=1S/C17H17NO4S/c1-17(15(19)20,23-12-8-4-3-5-9-12)13-10-6-7-11-14(13)18-16(21)22-2/h3-11H,1-2H3,(H,18,21)(H,19,20). The molecular weight excluding hydrogens is 314 g/mol. The molecule has 2 aromatic rings. The first-order chi connectivity index (χ1) is 11.0. The molecule has 0 bridgehead atoms. The molecule has 0 spiro atoms. The molecule has 5 nitrogen and oxygen atoms in total. The summed E-state index contributed by atoms with van der Waals surface area (Å²) in [5, 5.41) is 12.4. The van der Waals surface area contributed by atoms with E-state index in [9.17, 15) is 14.7 Å². The van der Waals surface area contributed by atoms with Gasteiger partial charge in [0.2, 0.25) is 0 Å². The Morgan fingerprint density at radius 3 is 2.30 bits per heavy atom. The highest BCUT2D eigenvalue weighted by atomic mass is 32.2. The van der Waals surface area contributed by atoms with Crippen molar-refractivity contribution in [3.05, 3.63) is 60.2 Å². The molecule has 1 atom stereocenters. The van der Waals surface area contributed by atoms with E-state index < -0.39 is 16.8 Å². The number of aliphatic carboxylic acids is 1. The second-order valence-electron chi connectivity index (χ2n) is 4.92. The smallest absolute Gasteiger partial charge is 0.411 e. The molecule has 1 amide bonds. The fourth-order valence-electron chi connectivity index (χ4n) is 2.11. The number of hydrogen-bond donors (Lipinski definition) is 2. The normalized spacial score (nSPS) is 13.0. The van der Waals surface area contributed by atoms with E-state index in [1.807, 2.05) is 30.3 Å². The van der Waals surface area contributed by atoms with E-state index in [0.29, 0.717) is 11.3 Å². The van der Waals surface area contributed by atoms with Crippen LogP contribution in [0.3, 0.4) is 0 Å². The first kappa shape index (κ1) is 16.9. The molecular formula is C17H17NO4S. The Hall–Kier alpha value is -2.47. The van der Waals surface area contributed by atoms with Crippen LogP contribution < -0.4 is 5.32 Å². The number of carboxylic acid groups (broad SMARTS) is 1. The van der Waals surface area contributed by atoms with Gasteiger partial charge in [-0.1, -0.05) is 36.4 Å². The van der Waals surface area contributed by atoms with Gasteiger partial charge in [0.05, 0.1) is 7.11 Å². The SMILES string of the molecule is COC(=O)Nc1ccccc1C(C)(Sc1ccccc1)C(=O)O. The maximum atomic E-state index is 12.0. The largest absolute Gasteiger partial charge is 0.480 e. The maximum Gasteiger partial charge on any atom is 0.411 e. The van der Waals surface area contributed by atoms with Gasteiger partial charge in [0.1, 0.15) is 4.75 Å². The summed E-state index contributed by atoms with van der Waals surface area (Å²) < 4.78 is 3.33. The van der Waals surface area contributed by atoms with E-state index in [1.165, 1.54) is 18.9 Å². The summed E-state index contributed by atoms with van der Waals surface area (Å²) in [6, 6.07) is 16.1. The molecule has 0 saturated carbocycles. The number of para-hydroxylation sites is 1. The highest BCUT2D eigenvalue weighted by Gasteiger charge is 2.38. The zero-order chi connectivity index (χ0) is 16.9. The minimum atomic E-state index is -1.26. The van der Waals surface area contributed by atoms with E-state index in [0.717, 1.165) is 4.90 Å². The van der Waals surface area contributed by atoms with Gasteiger partial charge in [0, 0.05) is 16.1 Å². The zero-order valence-electron chi connectivity index (χ0n) is 12.8. The summed E-state index contributed by atoms with van der Waals surface area (Å²) in [4.78, 5) is 24.3. The van der Waals surface area contributed by atoms with Crippen molar-refractivity contribution in [1.29, 1.82) is 0 Å². The summed E-state index contributed by atoms with van der Waals surface area (Å²) >= 11 is 1.21. The van der Waals surface area contributed by atoms with Gasteiger partial charge in [0.25, 0.3) is 0 Å². The first-order valence-electron chi connectivity index (χ1n) is 6.89. The van der Waals surface area contributed by atoms with Gasteiger partial charge in [-0.2, -0.15) is 0 Å². The zero-order valence-corrected chi connectivity index (χ0v) is 13.6. The average Bonchev–Trinajstić information content (AvgIpc) is 2.55. The van der Waals surface area contributed by atoms with E-state index in [1.54, 1.807) is 31.2 Å². The molecule has 120 valence electrons. The van der Waals surface area contributed by atoms with Gasteiger partial charge < -0.3 is 9.84 Å². The molecule has 0 aliphatic heterocycles. The number of carboxylic acids is 1. The number of thioether (sulfide) groups is 1. The van der Waals surface area contributed by atoms with Crippen LogP contribution in [-0.4, -0.2) is 24.3 Å². The van der Waals surface area contributed by atoms with Gasteiger partial charge >= 0.3 is 12.1 Å². The lowest BCUT2D eigenvalue weighted by Crippen LogP contribution is -2.30. The Kier molecular flexibility index (Phi) is 5.28. The van der Waals surface area contributed by atoms with Crippen molar-refractivity contribution < 1.29 is 19.4 Å². The number of amides is 1. The molecule has 0 aliphatic rings. The number of rotatable bonds is 5. The van der Waals surface area contributed by atoms with Crippen LogP contribution in [0.1, 0.15) is 12.5 Å². The molecule has 0 radical (unpaired) electrons. The van der Waals surface area contributed by atoms with Gasteiger partial charge in [-0.3, -0.25) is 10.1 Å². The highest BCUT2D eigenvalue weighted by molar-refractivity contribution is 8.01. The van der Waals surface area contributed by atoms with Gasteiger partial charge in [-0.15, -0.1) is 11.8 Å². The molecule has 0 heterocycles. The van der Waals surface area contributed by atoms with E-state index in [4.69, 9.17) is 0 Å². The third-order valence-corrected chi connectivity index (χ3v) is 4.65. The average molecular weight is 331 g/mol. The molecule has 2 N–H and O–H groups in total. The summed E-state index contributed by atoms with van der Waals surface area (Å²) in [6.07, 6.45) is -0.644. The topological polar surface area (TPSA) is 75.6 Å². The number of anilines is 1. The molecule has 6 heteroatoms. The molecule has 0 saturated heterocycles. The fraction of sp³-hybridized carbons (Fsp3) is 0.176. The fourth-order valence-corrected chi connectivity index (χ4v) is 3.25. The maximum absolute atomic E-state index is 12.0. The Morgan fingerprint density at radius 1 is 1.09 bits per heavy atom. The second-order valence-corrected chi connectivity index (χ2v) is 6.41. The molecule has 2 aromatic carbocycles. The minimum absolute atomic E-state index is 0.410. The van der Waals surface area contributed by atoms with Crippen molar-refractivity contribution in [2.45, 2.75) is 16.6 Å². The Morgan fingerprint density at radius 2 is 1.70 bits per heavy atom. The predicted octanol–water partition coefficient (Wildman–Crippen LogP) is 3.96. The quantitative estimate of drug-likeness (QED) is 0.811.